The lowest BCUT2D eigenvalue weighted by molar-refractivity contribution is 0.104. The van der Waals surface area contributed by atoms with Crippen LogP contribution in [0.25, 0.3) is 17.3 Å². The maximum absolute atomic E-state index is 12.0. The van der Waals surface area contributed by atoms with Crippen LogP contribution in [0, 0.1) is 0 Å². The first kappa shape index (κ1) is 13.0. The van der Waals surface area contributed by atoms with Gasteiger partial charge in [-0.3, -0.25) is 4.79 Å². The van der Waals surface area contributed by atoms with Crippen LogP contribution in [0.3, 0.4) is 0 Å². The van der Waals surface area contributed by atoms with Crippen molar-refractivity contribution < 1.29 is 4.79 Å². The third kappa shape index (κ3) is 2.95. The van der Waals surface area contributed by atoms with E-state index in [1.54, 1.807) is 18.2 Å². The summed E-state index contributed by atoms with van der Waals surface area (Å²) in [6, 6.07) is 18.9. The minimum atomic E-state index is -0.0578. The first-order chi connectivity index (χ1) is 10.3. The summed E-state index contributed by atoms with van der Waals surface area (Å²) in [4.78, 5) is 12.0. The molecular weight excluding hydrogens is 262 g/mol. The summed E-state index contributed by atoms with van der Waals surface area (Å²) in [5.74, 6) is -0.0578. The van der Waals surface area contributed by atoms with Gasteiger partial charge in [0.15, 0.2) is 5.78 Å². The molecular formula is C17H13N3O. The summed E-state index contributed by atoms with van der Waals surface area (Å²) < 4.78 is 0. The van der Waals surface area contributed by atoms with Gasteiger partial charge in [-0.25, -0.2) is 0 Å². The molecule has 0 radical (unpaired) electrons. The Bertz CT molecular complexity index is 761. The average molecular weight is 275 g/mol. The second-order valence-corrected chi connectivity index (χ2v) is 4.49. The molecule has 102 valence electrons. The molecule has 4 nitrogen and oxygen atoms in total. The molecule has 1 heterocycles. The molecule has 0 spiro atoms. The van der Waals surface area contributed by atoms with E-state index in [1.807, 2.05) is 48.5 Å². The Kier molecular flexibility index (Phi) is 3.69. The third-order valence-corrected chi connectivity index (χ3v) is 3.07. The molecule has 0 aliphatic carbocycles. The zero-order chi connectivity index (χ0) is 14.5. The number of carbonyl (C=O) groups is 1. The van der Waals surface area contributed by atoms with Gasteiger partial charge in [0.2, 0.25) is 0 Å². The van der Waals surface area contributed by atoms with Crippen molar-refractivity contribution in [3.05, 3.63) is 78.0 Å². The second kappa shape index (κ2) is 5.96. The summed E-state index contributed by atoms with van der Waals surface area (Å²) in [5.41, 5.74) is 2.98. The van der Waals surface area contributed by atoms with Gasteiger partial charge in [0.25, 0.3) is 0 Å². The van der Waals surface area contributed by atoms with Crippen molar-refractivity contribution in [2.75, 3.05) is 0 Å². The molecule has 21 heavy (non-hydrogen) atoms. The zero-order valence-electron chi connectivity index (χ0n) is 11.2. The van der Waals surface area contributed by atoms with Crippen LogP contribution in [0.15, 0.2) is 66.7 Å². The molecule has 4 heteroatoms. The Balaban J connectivity index is 1.85. The van der Waals surface area contributed by atoms with E-state index in [2.05, 4.69) is 15.4 Å². The van der Waals surface area contributed by atoms with Gasteiger partial charge in [-0.05, 0) is 12.2 Å². The van der Waals surface area contributed by atoms with E-state index >= 15 is 0 Å². The van der Waals surface area contributed by atoms with Crippen LogP contribution in [-0.4, -0.2) is 21.2 Å². The molecule has 0 saturated heterocycles. The lowest BCUT2D eigenvalue weighted by Gasteiger charge is -1.96. The number of nitrogens with one attached hydrogen (secondary N) is 1. The van der Waals surface area contributed by atoms with Crippen molar-refractivity contribution in [2.24, 2.45) is 0 Å². The highest BCUT2D eigenvalue weighted by Crippen LogP contribution is 2.20. The van der Waals surface area contributed by atoms with Crippen molar-refractivity contribution in [1.29, 1.82) is 0 Å². The number of benzene rings is 2. The predicted molar refractivity (Wildman–Crippen MR) is 81.6 cm³/mol. The lowest BCUT2D eigenvalue weighted by Crippen LogP contribution is -1.93. The quantitative estimate of drug-likeness (QED) is 0.586. The van der Waals surface area contributed by atoms with Crippen molar-refractivity contribution in [3.63, 3.8) is 0 Å². The number of aromatic amines is 1. The van der Waals surface area contributed by atoms with Gasteiger partial charge < -0.3 is 0 Å². The highest BCUT2D eigenvalue weighted by atomic mass is 16.1. The number of hydrogen-bond acceptors (Lipinski definition) is 3. The molecule has 1 N–H and O–H groups in total. The first-order valence-electron chi connectivity index (χ1n) is 6.58. The van der Waals surface area contributed by atoms with Gasteiger partial charge in [0, 0.05) is 11.1 Å². The standard InChI is InChI=1S/C17H13N3O/c21-16(13-7-3-1-4-8-13)12-11-15-17(19-20-18-15)14-9-5-2-6-10-14/h1-12H,(H,18,19,20)/b12-11+. The Morgan fingerprint density at radius 1 is 0.905 bits per heavy atom. The van der Waals surface area contributed by atoms with E-state index in [9.17, 15) is 4.79 Å². The molecule has 3 aromatic rings. The van der Waals surface area contributed by atoms with Crippen LogP contribution in [0.2, 0.25) is 0 Å². The molecule has 0 atom stereocenters. The number of carbonyl (C=O) groups excluding carboxylic acids is 1. The van der Waals surface area contributed by atoms with Gasteiger partial charge in [-0.15, -0.1) is 0 Å². The number of allylic oxidation sites excluding steroid dienone is 1. The third-order valence-electron chi connectivity index (χ3n) is 3.07. The number of nitrogens with zero attached hydrogens (tertiary/aromatic N) is 2. The number of H-pyrrole nitrogens is 1. The normalized spacial score (nSPS) is 10.9. The smallest absolute Gasteiger partial charge is 0.185 e. The van der Waals surface area contributed by atoms with Gasteiger partial charge in [0.1, 0.15) is 11.4 Å². The van der Waals surface area contributed by atoms with E-state index in [-0.39, 0.29) is 5.78 Å². The molecule has 0 aliphatic heterocycles. The van der Waals surface area contributed by atoms with Crippen LogP contribution < -0.4 is 0 Å². The topological polar surface area (TPSA) is 58.6 Å². The van der Waals surface area contributed by atoms with E-state index in [0.717, 1.165) is 11.3 Å². The summed E-state index contributed by atoms with van der Waals surface area (Å²) in [6.07, 6.45) is 3.20. The fourth-order valence-corrected chi connectivity index (χ4v) is 2.02. The fourth-order valence-electron chi connectivity index (χ4n) is 2.02. The van der Waals surface area contributed by atoms with Crippen molar-refractivity contribution in [3.8, 4) is 11.3 Å². The highest BCUT2D eigenvalue weighted by molar-refractivity contribution is 6.06. The fraction of sp³-hybridized carbons (Fsp3) is 0. The monoisotopic (exact) mass is 275 g/mol. The summed E-state index contributed by atoms with van der Waals surface area (Å²) >= 11 is 0. The van der Waals surface area contributed by atoms with Crippen LogP contribution >= 0.6 is 0 Å². The van der Waals surface area contributed by atoms with Crippen LogP contribution in [0.5, 0.6) is 0 Å². The molecule has 0 amide bonds. The molecule has 0 fully saturated rings. The summed E-state index contributed by atoms with van der Waals surface area (Å²) in [5, 5.41) is 10.8. The number of ketones is 1. The summed E-state index contributed by atoms with van der Waals surface area (Å²) in [7, 11) is 0. The molecule has 3 rings (SSSR count). The van der Waals surface area contributed by atoms with Crippen LogP contribution in [0.1, 0.15) is 16.1 Å². The molecule has 0 unspecified atom stereocenters. The van der Waals surface area contributed by atoms with E-state index in [1.165, 1.54) is 6.08 Å². The maximum Gasteiger partial charge on any atom is 0.185 e. The second-order valence-electron chi connectivity index (χ2n) is 4.49. The molecule has 2 aromatic carbocycles. The van der Waals surface area contributed by atoms with Gasteiger partial charge in [-0.1, -0.05) is 60.7 Å². The Morgan fingerprint density at radius 3 is 2.29 bits per heavy atom. The Hall–Kier alpha value is -3.01. The molecule has 1 aromatic heterocycles. The van der Waals surface area contributed by atoms with Crippen LogP contribution in [0.4, 0.5) is 0 Å². The summed E-state index contributed by atoms with van der Waals surface area (Å²) in [6.45, 7) is 0. The minimum absolute atomic E-state index is 0.0578. The molecule has 0 aliphatic rings. The average Bonchev–Trinajstić information content (AvgIpc) is 3.03. The van der Waals surface area contributed by atoms with Gasteiger partial charge in [0.05, 0.1) is 0 Å². The van der Waals surface area contributed by atoms with Gasteiger partial charge in [-0.2, -0.15) is 15.4 Å². The molecule has 0 bridgehead atoms. The number of aromatic nitrogens is 3. The number of hydrogen-bond donors (Lipinski definition) is 1. The van der Waals surface area contributed by atoms with Crippen molar-refractivity contribution in [2.45, 2.75) is 0 Å². The minimum Gasteiger partial charge on any atom is -0.289 e. The Morgan fingerprint density at radius 2 is 1.57 bits per heavy atom. The van der Waals surface area contributed by atoms with Crippen LogP contribution in [-0.2, 0) is 0 Å². The van der Waals surface area contributed by atoms with Gasteiger partial charge >= 0.3 is 0 Å². The highest BCUT2D eigenvalue weighted by Gasteiger charge is 2.08. The predicted octanol–water partition coefficient (Wildman–Crippen LogP) is 3.37. The van der Waals surface area contributed by atoms with E-state index in [0.29, 0.717) is 11.3 Å². The maximum atomic E-state index is 12.0. The zero-order valence-corrected chi connectivity index (χ0v) is 11.2. The van der Waals surface area contributed by atoms with Crippen molar-refractivity contribution in [1.82, 2.24) is 15.4 Å². The van der Waals surface area contributed by atoms with Crippen molar-refractivity contribution >= 4 is 11.9 Å². The van der Waals surface area contributed by atoms with E-state index < -0.39 is 0 Å². The largest absolute Gasteiger partial charge is 0.289 e. The lowest BCUT2D eigenvalue weighted by atomic mass is 10.1. The SMILES string of the molecule is O=C(/C=C/c1n[nH]nc1-c1ccccc1)c1ccccc1. The first-order valence-corrected chi connectivity index (χ1v) is 6.58. The molecule has 0 saturated carbocycles. The number of rotatable bonds is 4. The Labute approximate surface area is 122 Å². The van der Waals surface area contributed by atoms with E-state index in [4.69, 9.17) is 0 Å².